The number of nitrogens with two attached hydrogens (primary N) is 2. The minimum atomic E-state index is 0.375. The van der Waals surface area contributed by atoms with Crippen molar-refractivity contribution >= 4 is 0 Å². The van der Waals surface area contributed by atoms with Gasteiger partial charge in [0, 0.05) is 6.04 Å². The molecule has 0 saturated carbocycles. The summed E-state index contributed by atoms with van der Waals surface area (Å²) in [6, 6.07) is 0.375. The molecule has 0 aromatic heterocycles. The van der Waals surface area contributed by atoms with E-state index in [2.05, 4.69) is 20.8 Å². The molecule has 4 N–H and O–H groups in total. The maximum atomic E-state index is 5.49. The monoisotopic (exact) mass is 216 g/mol. The molecule has 0 bridgehead atoms. The van der Waals surface area contributed by atoms with Crippen LogP contribution in [-0.4, -0.2) is 12.6 Å². The summed E-state index contributed by atoms with van der Waals surface area (Å²) in [5, 5.41) is 0. The third kappa shape index (κ3) is 24.9. The van der Waals surface area contributed by atoms with Gasteiger partial charge in [-0.15, -0.1) is 0 Å². The second-order valence-electron chi connectivity index (χ2n) is 4.81. The van der Waals surface area contributed by atoms with Gasteiger partial charge in [-0.25, -0.2) is 0 Å². The molecule has 94 valence electrons. The largest absolute Gasteiger partial charge is 0.330 e. The van der Waals surface area contributed by atoms with Crippen LogP contribution in [0.2, 0.25) is 0 Å². The first-order chi connectivity index (χ1) is 7.04. The van der Waals surface area contributed by atoms with Crippen molar-refractivity contribution in [2.24, 2.45) is 17.4 Å². The lowest BCUT2D eigenvalue weighted by Crippen LogP contribution is -2.16. The van der Waals surface area contributed by atoms with Crippen LogP contribution in [0.5, 0.6) is 0 Å². The standard InChI is InChI=1S/C7H17N.C6H15N/c1-2-3-4-5-6-7-8;1-5(2)4-6(3)7/h2-8H2,1H3;5-6H,4,7H2,1-3H3. The molecule has 0 amide bonds. The highest BCUT2D eigenvalue weighted by Crippen LogP contribution is 2.00. The maximum absolute atomic E-state index is 5.49. The van der Waals surface area contributed by atoms with E-state index in [1.165, 1.54) is 32.1 Å². The summed E-state index contributed by atoms with van der Waals surface area (Å²) in [6.07, 6.45) is 7.74. The Labute approximate surface area is 96.8 Å². The molecular weight excluding hydrogens is 184 g/mol. The van der Waals surface area contributed by atoms with Gasteiger partial charge in [-0.05, 0) is 32.2 Å². The number of unbranched alkanes of at least 4 members (excludes halogenated alkanes) is 4. The van der Waals surface area contributed by atoms with Gasteiger partial charge in [-0.3, -0.25) is 0 Å². The van der Waals surface area contributed by atoms with Crippen molar-refractivity contribution in [1.29, 1.82) is 0 Å². The predicted molar refractivity (Wildman–Crippen MR) is 70.9 cm³/mol. The van der Waals surface area contributed by atoms with Crippen LogP contribution in [0.4, 0.5) is 0 Å². The molecular formula is C13H32N2. The highest BCUT2D eigenvalue weighted by atomic mass is 14.6. The molecule has 2 heteroatoms. The van der Waals surface area contributed by atoms with Crippen molar-refractivity contribution in [3.63, 3.8) is 0 Å². The van der Waals surface area contributed by atoms with Gasteiger partial charge >= 0.3 is 0 Å². The zero-order chi connectivity index (χ0) is 12.1. The van der Waals surface area contributed by atoms with Crippen LogP contribution in [0.3, 0.4) is 0 Å². The molecule has 0 radical (unpaired) electrons. The fourth-order valence-corrected chi connectivity index (χ4v) is 1.49. The Hall–Kier alpha value is -0.0800. The fraction of sp³-hybridized carbons (Fsp3) is 1.00. The van der Waals surface area contributed by atoms with E-state index < -0.39 is 0 Å². The van der Waals surface area contributed by atoms with E-state index in [1.54, 1.807) is 0 Å². The van der Waals surface area contributed by atoms with Crippen molar-refractivity contribution in [1.82, 2.24) is 0 Å². The number of hydrogen-bond acceptors (Lipinski definition) is 2. The minimum absolute atomic E-state index is 0.375. The third-order valence-corrected chi connectivity index (χ3v) is 2.15. The molecule has 1 unspecified atom stereocenters. The van der Waals surface area contributed by atoms with Gasteiger partial charge in [0.05, 0.1) is 0 Å². The molecule has 15 heavy (non-hydrogen) atoms. The molecule has 1 atom stereocenters. The van der Waals surface area contributed by atoms with Crippen LogP contribution in [-0.2, 0) is 0 Å². The zero-order valence-corrected chi connectivity index (χ0v) is 11.3. The molecule has 2 nitrogen and oxygen atoms in total. The Morgan fingerprint density at radius 2 is 1.47 bits per heavy atom. The highest BCUT2D eigenvalue weighted by molar-refractivity contribution is 4.54. The van der Waals surface area contributed by atoms with Crippen molar-refractivity contribution < 1.29 is 0 Å². The third-order valence-electron chi connectivity index (χ3n) is 2.15. The van der Waals surface area contributed by atoms with Gasteiger partial charge < -0.3 is 11.5 Å². The summed E-state index contributed by atoms with van der Waals surface area (Å²) in [5.74, 6) is 0.750. The second kappa shape index (κ2) is 13.9. The Morgan fingerprint density at radius 3 is 1.73 bits per heavy atom. The average Bonchev–Trinajstić information content (AvgIpc) is 2.11. The van der Waals surface area contributed by atoms with E-state index >= 15 is 0 Å². The summed E-state index contributed by atoms with van der Waals surface area (Å²) in [6.45, 7) is 9.50. The first-order valence-electron chi connectivity index (χ1n) is 6.50. The van der Waals surface area contributed by atoms with Crippen molar-refractivity contribution in [2.75, 3.05) is 6.54 Å². The van der Waals surface area contributed by atoms with Crippen LogP contribution in [0.15, 0.2) is 0 Å². The van der Waals surface area contributed by atoms with E-state index in [9.17, 15) is 0 Å². The fourth-order valence-electron chi connectivity index (χ4n) is 1.49. The smallest absolute Gasteiger partial charge is 0.00129 e. The van der Waals surface area contributed by atoms with Crippen LogP contribution in [0.25, 0.3) is 0 Å². The molecule has 0 aromatic carbocycles. The number of rotatable bonds is 7. The summed E-state index contributed by atoms with van der Waals surface area (Å²) in [5.41, 5.74) is 10.8. The topological polar surface area (TPSA) is 52.0 Å². The predicted octanol–water partition coefficient (Wildman–Crippen LogP) is 3.30. The molecule has 0 aliphatic rings. The van der Waals surface area contributed by atoms with Crippen LogP contribution >= 0.6 is 0 Å². The Morgan fingerprint density at radius 1 is 0.933 bits per heavy atom. The average molecular weight is 216 g/mol. The molecule has 0 aromatic rings. The lowest BCUT2D eigenvalue weighted by atomic mass is 10.1. The van der Waals surface area contributed by atoms with E-state index in [4.69, 9.17) is 11.5 Å². The van der Waals surface area contributed by atoms with Crippen molar-refractivity contribution in [2.45, 2.75) is 72.3 Å². The molecule has 0 aliphatic heterocycles. The van der Waals surface area contributed by atoms with Gasteiger partial charge in [0.2, 0.25) is 0 Å². The van der Waals surface area contributed by atoms with Gasteiger partial charge in [0.1, 0.15) is 0 Å². The lowest BCUT2D eigenvalue weighted by Gasteiger charge is -2.05. The molecule has 0 saturated heterocycles. The quantitative estimate of drug-likeness (QED) is 0.642. The van der Waals surface area contributed by atoms with E-state index in [1.807, 2.05) is 6.92 Å². The molecule has 0 spiro atoms. The Bertz CT molecular complexity index is 88.7. The SMILES string of the molecule is CC(C)CC(C)N.CCCCCCCN. The molecule has 0 heterocycles. The van der Waals surface area contributed by atoms with Crippen LogP contribution in [0.1, 0.15) is 66.2 Å². The summed E-state index contributed by atoms with van der Waals surface area (Å²) < 4.78 is 0. The maximum Gasteiger partial charge on any atom is 0.00129 e. The van der Waals surface area contributed by atoms with Gasteiger partial charge in [0.15, 0.2) is 0 Å². The zero-order valence-electron chi connectivity index (χ0n) is 11.3. The van der Waals surface area contributed by atoms with Crippen LogP contribution in [0, 0.1) is 5.92 Å². The Balaban J connectivity index is 0. The summed E-state index contributed by atoms with van der Waals surface area (Å²) >= 11 is 0. The lowest BCUT2D eigenvalue weighted by molar-refractivity contribution is 0.520. The van der Waals surface area contributed by atoms with Gasteiger partial charge in [0.25, 0.3) is 0 Å². The minimum Gasteiger partial charge on any atom is -0.330 e. The first-order valence-corrected chi connectivity index (χ1v) is 6.50. The first kappa shape index (κ1) is 17.3. The Kier molecular flexibility index (Phi) is 16.1. The molecule has 0 fully saturated rings. The van der Waals surface area contributed by atoms with Crippen molar-refractivity contribution in [3.8, 4) is 0 Å². The van der Waals surface area contributed by atoms with E-state index in [0.29, 0.717) is 6.04 Å². The summed E-state index contributed by atoms with van der Waals surface area (Å²) in [4.78, 5) is 0. The van der Waals surface area contributed by atoms with Crippen LogP contribution < -0.4 is 11.5 Å². The number of hydrogen-bond donors (Lipinski definition) is 2. The molecule has 0 aliphatic carbocycles. The highest BCUT2D eigenvalue weighted by Gasteiger charge is 1.95. The van der Waals surface area contributed by atoms with Gasteiger partial charge in [-0.1, -0.05) is 46.5 Å². The van der Waals surface area contributed by atoms with E-state index in [0.717, 1.165) is 18.9 Å². The normalized spacial score (nSPS) is 12.2. The van der Waals surface area contributed by atoms with E-state index in [-0.39, 0.29) is 0 Å². The summed E-state index contributed by atoms with van der Waals surface area (Å²) in [7, 11) is 0. The van der Waals surface area contributed by atoms with Crippen molar-refractivity contribution in [3.05, 3.63) is 0 Å². The van der Waals surface area contributed by atoms with Gasteiger partial charge in [-0.2, -0.15) is 0 Å². The molecule has 0 rings (SSSR count). The second-order valence-corrected chi connectivity index (χ2v) is 4.81.